The lowest BCUT2D eigenvalue weighted by atomic mass is 10.3. The normalized spacial score (nSPS) is 16.1. The van der Waals surface area contributed by atoms with E-state index < -0.39 is 10.0 Å². The number of ether oxygens (including phenoxy) is 1. The van der Waals surface area contributed by atoms with Crippen LogP contribution in [0.4, 0.5) is 5.82 Å². The molecule has 0 amide bonds. The summed E-state index contributed by atoms with van der Waals surface area (Å²) in [5.74, 6) is 1.27. The molecular formula is C15H21N5O3S2. The molecule has 8 nitrogen and oxygen atoms in total. The number of hydrogen-bond acceptors (Lipinski definition) is 8. The van der Waals surface area contributed by atoms with Gasteiger partial charge >= 0.3 is 0 Å². The number of piperazine rings is 1. The van der Waals surface area contributed by atoms with Gasteiger partial charge in [0.15, 0.2) is 0 Å². The first-order valence-corrected chi connectivity index (χ1v) is 10.3. The van der Waals surface area contributed by atoms with Gasteiger partial charge in [0.25, 0.3) is 0 Å². The van der Waals surface area contributed by atoms with Gasteiger partial charge in [-0.15, -0.1) is 11.3 Å². The molecule has 0 atom stereocenters. The number of nitrogens with one attached hydrogen (secondary N) is 1. The molecule has 2 aromatic heterocycles. The molecule has 136 valence electrons. The predicted octanol–water partition coefficient (Wildman–Crippen LogP) is 0.647. The molecule has 1 fully saturated rings. The van der Waals surface area contributed by atoms with E-state index in [1.807, 2.05) is 0 Å². The fraction of sp³-hybridized carbons (Fsp3) is 0.467. The van der Waals surface area contributed by atoms with Crippen molar-refractivity contribution in [3.8, 4) is 5.88 Å². The summed E-state index contributed by atoms with van der Waals surface area (Å²) in [6, 6.07) is 5.07. The van der Waals surface area contributed by atoms with Gasteiger partial charge in [-0.25, -0.2) is 23.1 Å². The minimum atomic E-state index is -3.46. The summed E-state index contributed by atoms with van der Waals surface area (Å²) in [6.45, 7) is 4.17. The lowest BCUT2D eigenvalue weighted by Crippen LogP contribution is -2.44. The van der Waals surface area contributed by atoms with Gasteiger partial charge in [0.05, 0.1) is 0 Å². The van der Waals surface area contributed by atoms with E-state index in [9.17, 15) is 8.42 Å². The average Bonchev–Trinajstić information content (AvgIpc) is 3.15. The van der Waals surface area contributed by atoms with Crippen molar-refractivity contribution in [3.63, 3.8) is 0 Å². The minimum absolute atomic E-state index is 0.175. The lowest BCUT2D eigenvalue weighted by Gasteiger charge is -2.33. The van der Waals surface area contributed by atoms with Crippen LogP contribution in [-0.2, 0) is 10.0 Å². The zero-order chi connectivity index (χ0) is 17.7. The van der Waals surface area contributed by atoms with E-state index in [4.69, 9.17) is 4.74 Å². The van der Waals surface area contributed by atoms with Gasteiger partial charge in [0, 0.05) is 38.8 Å². The topological polar surface area (TPSA) is 87.7 Å². The highest BCUT2D eigenvalue weighted by Crippen LogP contribution is 2.17. The quantitative estimate of drug-likeness (QED) is 0.702. The van der Waals surface area contributed by atoms with Crippen molar-refractivity contribution in [1.82, 2.24) is 19.6 Å². The van der Waals surface area contributed by atoms with Crippen LogP contribution in [0.1, 0.15) is 0 Å². The van der Waals surface area contributed by atoms with Crippen LogP contribution >= 0.6 is 11.3 Å². The Labute approximate surface area is 151 Å². The molecule has 0 aromatic carbocycles. The molecule has 25 heavy (non-hydrogen) atoms. The fourth-order valence-corrected chi connectivity index (χ4v) is 4.49. The van der Waals surface area contributed by atoms with E-state index in [-0.39, 0.29) is 13.2 Å². The second-order valence-electron chi connectivity index (χ2n) is 5.68. The van der Waals surface area contributed by atoms with Crippen LogP contribution in [0.3, 0.4) is 0 Å². The van der Waals surface area contributed by atoms with Crippen molar-refractivity contribution in [2.75, 3.05) is 51.3 Å². The van der Waals surface area contributed by atoms with Crippen LogP contribution in [0.5, 0.6) is 5.88 Å². The third-order valence-corrected chi connectivity index (χ3v) is 6.72. The number of sulfonamides is 1. The highest BCUT2D eigenvalue weighted by molar-refractivity contribution is 7.91. The molecule has 0 saturated carbocycles. The molecule has 1 N–H and O–H groups in total. The molecule has 1 aliphatic rings. The second kappa shape index (κ2) is 8.09. The van der Waals surface area contributed by atoms with Crippen LogP contribution in [0.15, 0.2) is 34.1 Å². The van der Waals surface area contributed by atoms with Gasteiger partial charge in [-0.05, 0) is 18.5 Å². The smallest absolute Gasteiger partial charge is 0.250 e. The standard InChI is InChI=1S/C15H21N5O3S2/c1-19-5-7-20(8-6-19)13-11-14(17-12-16-13)23-9-4-18-25(21,22)15-3-2-10-24-15/h2-3,10-12,18H,4-9H2,1H3. The molecule has 10 heteroatoms. The highest BCUT2D eigenvalue weighted by atomic mass is 32.2. The van der Waals surface area contributed by atoms with Crippen molar-refractivity contribution >= 4 is 27.2 Å². The van der Waals surface area contributed by atoms with Gasteiger partial charge in [-0.1, -0.05) is 6.07 Å². The highest BCUT2D eigenvalue weighted by Gasteiger charge is 2.16. The number of thiophene rings is 1. The maximum absolute atomic E-state index is 12.0. The van der Waals surface area contributed by atoms with Crippen LogP contribution in [0, 0.1) is 0 Å². The monoisotopic (exact) mass is 383 g/mol. The maximum Gasteiger partial charge on any atom is 0.250 e. The third kappa shape index (κ3) is 4.88. The summed E-state index contributed by atoms with van der Waals surface area (Å²) < 4.78 is 32.4. The Balaban J connectivity index is 1.50. The van der Waals surface area contributed by atoms with Gasteiger partial charge < -0.3 is 14.5 Å². The Morgan fingerprint density at radius 1 is 1.28 bits per heavy atom. The van der Waals surface area contributed by atoms with Gasteiger partial charge in [0.1, 0.15) is 23.0 Å². The van der Waals surface area contributed by atoms with E-state index in [1.165, 1.54) is 17.7 Å². The number of nitrogens with zero attached hydrogens (tertiary/aromatic N) is 4. The van der Waals surface area contributed by atoms with E-state index in [2.05, 4.69) is 31.5 Å². The van der Waals surface area contributed by atoms with Crippen molar-refractivity contribution < 1.29 is 13.2 Å². The van der Waals surface area contributed by atoms with E-state index >= 15 is 0 Å². The third-order valence-electron chi connectivity index (χ3n) is 3.86. The van der Waals surface area contributed by atoms with Gasteiger partial charge in [-0.3, -0.25) is 0 Å². The van der Waals surface area contributed by atoms with Crippen molar-refractivity contribution in [3.05, 3.63) is 29.9 Å². The average molecular weight is 383 g/mol. The summed E-state index contributed by atoms with van der Waals surface area (Å²) >= 11 is 1.18. The van der Waals surface area contributed by atoms with E-state index in [1.54, 1.807) is 23.6 Å². The fourth-order valence-electron chi connectivity index (χ4n) is 2.44. The Morgan fingerprint density at radius 3 is 2.80 bits per heavy atom. The summed E-state index contributed by atoms with van der Waals surface area (Å²) in [5.41, 5.74) is 0. The summed E-state index contributed by atoms with van der Waals surface area (Å²) in [7, 11) is -1.36. The molecule has 2 aromatic rings. The van der Waals surface area contributed by atoms with Crippen LogP contribution in [0.25, 0.3) is 0 Å². The Hall–Kier alpha value is -1.75. The molecule has 0 spiro atoms. The number of rotatable bonds is 7. The molecule has 0 bridgehead atoms. The number of likely N-dealkylation sites (N-methyl/N-ethyl adjacent to an activating group) is 1. The number of anilines is 1. The summed E-state index contributed by atoms with van der Waals surface area (Å²) in [6.07, 6.45) is 1.47. The minimum Gasteiger partial charge on any atom is -0.476 e. The Kier molecular flexibility index (Phi) is 5.84. The number of hydrogen-bond donors (Lipinski definition) is 1. The zero-order valence-corrected chi connectivity index (χ0v) is 15.6. The summed E-state index contributed by atoms with van der Waals surface area (Å²) in [4.78, 5) is 12.8. The van der Waals surface area contributed by atoms with Crippen molar-refractivity contribution in [1.29, 1.82) is 0 Å². The molecule has 0 radical (unpaired) electrons. The molecule has 3 heterocycles. The molecule has 3 rings (SSSR count). The SMILES string of the molecule is CN1CCN(c2cc(OCCNS(=O)(=O)c3cccs3)ncn2)CC1. The zero-order valence-electron chi connectivity index (χ0n) is 14.0. The molecule has 0 unspecified atom stereocenters. The molecule has 1 aliphatic heterocycles. The van der Waals surface area contributed by atoms with Crippen LogP contribution in [0.2, 0.25) is 0 Å². The first-order valence-electron chi connectivity index (χ1n) is 7.96. The van der Waals surface area contributed by atoms with E-state index in [0.29, 0.717) is 10.1 Å². The number of aromatic nitrogens is 2. The van der Waals surface area contributed by atoms with E-state index in [0.717, 1.165) is 32.0 Å². The van der Waals surface area contributed by atoms with Crippen molar-refractivity contribution in [2.24, 2.45) is 0 Å². The lowest BCUT2D eigenvalue weighted by molar-refractivity contribution is 0.305. The van der Waals surface area contributed by atoms with Crippen LogP contribution < -0.4 is 14.4 Å². The maximum atomic E-state index is 12.0. The first-order chi connectivity index (χ1) is 12.0. The largest absolute Gasteiger partial charge is 0.476 e. The van der Waals surface area contributed by atoms with Crippen LogP contribution in [-0.4, -0.2) is 69.7 Å². The Bertz CT molecular complexity index is 774. The summed E-state index contributed by atoms with van der Waals surface area (Å²) in [5, 5.41) is 1.73. The molecular weight excluding hydrogens is 362 g/mol. The first kappa shape index (κ1) is 18.1. The molecule has 0 aliphatic carbocycles. The Morgan fingerprint density at radius 2 is 2.08 bits per heavy atom. The predicted molar refractivity (Wildman–Crippen MR) is 96.7 cm³/mol. The van der Waals surface area contributed by atoms with Gasteiger partial charge in [0.2, 0.25) is 15.9 Å². The van der Waals surface area contributed by atoms with Crippen molar-refractivity contribution in [2.45, 2.75) is 4.21 Å². The van der Waals surface area contributed by atoms with Gasteiger partial charge in [-0.2, -0.15) is 0 Å². The second-order valence-corrected chi connectivity index (χ2v) is 8.62. The molecule has 1 saturated heterocycles.